The van der Waals surface area contributed by atoms with Gasteiger partial charge in [-0.3, -0.25) is 4.79 Å². The number of aromatic carboxylic acids is 1. The van der Waals surface area contributed by atoms with Gasteiger partial charge in [0.25, 0.3) is 0 Å². The van der Waals surface area contributed by atoms with Gasteiger partial charge in [0.05, 0.1) is 11.5 Å². The summed E-state index contributed by atoms with van der Waals surface area (Å²) in [5.41, 5.74) is 4.94. The Kier molecular flexibility index (Phi) is 6.53. The first kappa shape index (κ1) is 28.7. The first-order valence-corrected chi connectivity index (χ1v) is 16.1. The third-order valence-electron chi connectivity index (χ3n) is 14.3. The van der Waals surface area contributed by atoms with Crippen LogP contribution < -0.4 is 0 Å². The summed E-state index contributed by atoms with van der Waals surface area (Å²) in [6, 6.07) is 7.48. The van der Waals surface area contributed by atoms with E-state index in [2.05, 4.69) is 60.6 Å². The molecular formula is C37H50O4. The van der Waals surface area contributed by atoms with Crippen molar-refractivity contribution >= 4 is 17.5 Å². The summed E-state index contributed by atoms with van der Waals surface area (Å²) >= 11 is 0. The number of aliphatic carboxylic acids is 1. The highest BCUT2D eigenvalue weighted by atomic mass is 16.4. The molecule has 1 aromatic carbocycles. The molecule has 0 aliphatic heterocycles. The first-order chi connectivity index (χ1) is 19.2. The molecule has 4 nitrogen and oxygen atoms in total. The van der Waals surface area contributed by atoms with Crippen LogP contribution >= 0.6 is 0 Å². The largest absolute Gasteiger partial charge is 0.481 e. The average molecular weight is 559 g/mol. The molecule has 41 heavy (non-hydrogen) atoms. The second kappa shape index (κ2) is 9.32. The summed E-state index contributed by atoms with van der Waals surface area (Å²) in [5, 5.41) is 19.6. The summed E-state index contributed by atoms with van der Waals surface area (Å²) in [5.74, 6) is 1.09. The van der Waals surface area contributed by atoms with Crippen LogP contribution in [0.2, 0.25) is 0 Å². The summed E-state index contributed by atoms with van der Waals surface area (Å²) in [7, 11) is 0. The maximum atomic E-state index is 12.4. The molecule has 5 aliphatic rings. The van der Waals surface area contributed by atoms with E-state index in [1.54, 1.807) is 17.7 Å². The van der Waals surface area contributed by atoms with Crippen molar-refractivity contribution in [1.29, 1.82) is 0 Å². The van der Waals surface area contributed by atoms with Gasteiger partial charge < -0.3 is 10.2 Å². The van der Waals surface area contributed by atoms with E-state index in [0.29, 0.717) is 35.2 Å². The second-order valence-electron chi connectivity index (χ2n) is 16.0. The van der Waals surface area contributed by atoms with Crippen LogP contribution in [0.3, 0.4) is 0 Å². The molecule has 0 amide bonds. The summed E-state index contributed by atoms with van der Waals surface area (Å²) in [6.07, 6.45) is 12.6. The Bertz CT molecular complexity index is 1320. The molecule has 2 N–H and O–H groups in total. The summed E-state index contributed by atoms with van der Waals surface area (Å²) in [4.78, 5) is 23.8. The minimum absolute atomic E-state index is 0.0103. The van der Waals surface area contributed by atoms with Gasteiger partial charge in [-0.05, 0) is 125 Å². The zero-order chi connectivity index (χ0) is 29.7. The fraction of sp³-hybridized carbons (Fsp3) is 0.676. The number of carbonyl (C=O) groups is 2. The van der Waals surface area contributed by atoms with Gasteiger partial charge in [0.2, 0.25) is 0 Å². The van der Waals surface area contributed by atoms with Crippen LogP contribution in [0.5, 0.6) is 0 Å². The number of rotatable bonds is 3. The topological polar surface area (TPSA) is 74.6 Å². The van der Waals surface area contributed by atoms with E-state index in [4.69, 9.17) is 0 Å². The lowest BCUT2D eigenvalue weighted by Gasteiger charge is -2.70. The molecule has 5 aliphatic carbocycles. The van der Waals surface area contributed by atoms with E-state index >= 15 is 0 Å². The highest BCUT2D eigenvalue weighted by molar-refractivity contribution is 5.88. The molecule has 0 saturated heterocycles. The van der Waals surface area contributed by atoms with Crippen molar-refractivity contribution in [3.05, 3.63) is 53.1 Å². The molecule has 3 fully saturated rings. The molecular weight excluding hydrogens is 508 g/mol. The Hall–Kier alpha value is -2.36. The van der Waals surface area contributed by atoms with Crippen LogP contribution in [-0.2, 0) is 4.79 Å². The standard InChI is InChI=1S/C37H50O4/c1-21-20-26(33(40)41)25-14-18-36(6)28(31(25)22(21)2)12-13-30-35(5)17-15-27(23-8-10-24(11-9-23)32(38)39)34(3,4)29(35)16-19-37(30,36)7/h8-12,15,21-22,25-26,29-31H,13-14,16-20H2,1-7H3,(H,38,39)(H,40,41)/t21-,22+,25-,26-,29+,30-,31+,35+,36-,37-/m1/s1. The highest BCUT2D eigenvalue weighted by Gasteiger charge is 2.67. The van der Waals surface area contributed by atoms with Crippen molar-refractivity contribution in [2.45, 2.75) is 93.4 Å². The van der Waals surface area contributed by atoms with Crippen LogP contribution in [0.4, 0.5) is 0 Å². The molecule has 0 heterocycles. The number of fused-ring (bicyclic) bond motifs is 7. The maximum Gasteiger partial charge on any atom is 0.335 e. The Morgan fingerprint density at radius 1 is 0.878 bits per heavy atom. The number of benzene rings is 1. The molecule has 6 rings (SSSR count). The van der Waals surface area contributed by atoms with E-state index < -0.39 is 11.9 Å². The van der Waals surface area contributed by atoms with Gasteiger partial charge in [0.1, 0.15) is 0 Å². The van der Waals surface area contributed by atoms with Gasteiger partial charge in [-0.15, -0.1) is 0 Å². The predicted octanol–water partition coefficient (Wildman–Crippen LogP) is 8.98. The second-order valence-corrected chi connectivity index (χ2v) is 16.0. The Labute approximate surface area is 246 Å². The molecule has 1 aromatic rings. The maximum absolute atomic E-state index is 12.4. The smallest absolute Gasteiger partial charge is 0.335 e. The normalized spacial score (nSPS) is 44.7. The summed E-state index contributed by atoms with van der Waals surface area (Å²) in [6.45, 7) is 17.3. The number of carboxylic acid groups (broad SMARTS) is 2. The van der Waals surface area contributed by atoms with Crippen molar-refractivity contribution in [2.75, 3.05) is 0 Å². The molecule has 0 unspecified atom stereocenters. The molecule has 222 valence electrons. The van der Waals surface area contributed by atoms with Crippen LogP contribution in [0.1, 0.15) is 109 Å². The lowest BCUT2D eigenvalue weighted by Crippen LogP contribution is -2.62. The molecule has 0 radical (unpaired) electrons. The van der Waals surface area contributed by atoms with Crippen molar-refractivity contribution < 1.29 is 19.8 Å². The van der Waals surface area contributed by atoms with E-state index in [1.807, 2.05) is 12.1 Å². The highest BCUT2D eigenvalue weighted by Crippen LogP contribution is 2.75. The SMILES string of the molecule is C[C@@H]1[C@@H]2C3=CC[C@@H]4[C@@]5(C)CC=C(c6ccc(C(=O)O)cc6)C(C)(C)[C@@H]5CC[C@@]4(C)[C@]3(C)CC[C@@H]2[C@H](C(=O)O)C[C@H]1C. The number of hydrogen-bond donors (Lipinski definition) is 2. The molecule has 0 spiro atoms. The van der Waals surface area contributed by atoms with Gasteiger partial charge >= 0.3 is 11.9 Å². The van der Waals surface area contributed by atoms with Crippen LogP contribution in [-0.4, -0.2) is 22.2 Å². The van der Waals surface area contributed by atoms with E-state index in [-0.39, 0.29) is 33.5 Å². The zero-order valence-electron chi connectivity index (χ0n) is 26.2. The van der Waals surface area contributed by atoms with Crippen molar-refractivity contribution in [3.8, 4) is 0 Å². The average Bonchev–Trinajstić information content (AvgIpc) is 2.90. The molecule has 0 bridgehead atoms. The van der Waals surface area contributed by atoms with Crippen LogP contribution in [0, 0.1) is 63.1 Å². The van der Waals surface area contributed by atoms with Gasteiger partial charge in [-0.2, -0.15) is 0 Å². The molecule has 3 saturated carbocycles. The number of carboxylic acids is 2. The Morgan fingerprint density at radius 2 is 1.56 bits per heavy atom. The fourth-order valence-corrected chi connectivity index (χ4v) is 11.8. The lowest BCUT2D eigenvalue weighted by atomic mass is 9.34. The molecule has 0 aromatic heterocycles. The molecule has 4 heteroatoms. The van der Waals surface area contributed by atoms with Crippen LogP contribution in [0.25, 0.3) is 5.57 Å². The monoisotopic (exact) mass is 558 g/mol. The predicted molar refractivity (Wildman–Crippen MR) is 163 cm³/mol. The number of allylic oxidation sites excluding steroid dienone is 4. The fourth-order valence-electron chi connectivity index (χ4n) is 11.8. The van der Waals surface area contributed by atoms with E-state index in [1.165, 1.54) is 18.4 Å². The lowest BCUT2D eigenvalue weighted by molar-refractivity contribution is -0.163. The van der Waals surface area contributed by atoms with Crippen molar-refractivity contribution in [3.63, 3.8) is 0 Å². The van der Waals surface area contributed by atoms with Gasteiger partial charge in [-0.25, -0.2) is 4.79 Å². The minimum Gasteiger partial charge on any atom is -0.481 e. The Balaban J connectivity index is 1.38. The molecule has 10 atom stereocenters. The van der Waals surface area contributed by atoms with Crippen LogP contribution in [0.15, 0.2) is 42.0 Å². The van der Waals surface area contributed by atoms with Gasteiger partial charge in [0, 0.05) is 0 Å². The third kappa shape index (κ3) is 3.84. The van der Waals surface area contributed by atoms with Gasteiger partial charge in [0.15, 0.2) is 0 Å². The van der Waals surface area contributed by atoms with Crippen molar-refractivity contribution in [1.82, 2.24) is 0 Å². The van der Waals surface area contributed by atoms with Gasteiger partial charge in [-0.1, -0.05) is 78.3 Å². The first-order valence-electron chi connectivity index (χ1n) is 16.1. The van der Waals surface area contributed by atoms with E-state index in [9.17, 15) is 19.8 Å². The third-order valence-corrected chi connectivity index (χ3v) is 14.3. The minimum atomic E-state index is -0.879. The quantitative estimate of drug-likeness (QED) is 0.363. The Morgan fingerprint density at radius 3 is 2.20 bits per heavy atom. The summed E-state index contributed by atoms with van der Waals surface area (Å²) < 4.78 is 0. The van der Waals surface area contributed by atoms with E-state index in [0.717, 1.165) is 37.7 Å². The van der Waals surface area contributed by atoms with Crippen molar-refractivity contribution in [2.24, 2.45) is 63.1 Å². The zero-order valence-corrected chi connectivity index (χ0v) is 26.2. The number of hydrogen-bond acceptors (Lipinski definition) is 2.